The Morgan fingerprint density at radius 2 is 1.94 bits per heavy atom. The summed E-state index contributed by atoms with van der Waals surface area (Å²) >= 11 is 0. The van der Waals surface area contributed by atoms with Crippen LogP contribution in [0.25, 0.3) is 11.9 Å². The highest BCUT2D eigenvalue weighted by Crippen LogP contribution is 2.18. The number of halogens is 1. The van der Waals surface area contributed by atoms with Crippen LogP contribution < -0.4 is 9.47 Å². The molecule has 2 aromatic rings. The molecular formula is C14H12FNO2. The topological polar surface area (TPSA) is 36.2 Å². The highest BCUT2D eigenvalue weighted by molar-refractivity contribution is 5.74. The van der Waals surface area contributed by atoms with Gasteiger partial charge in [0.05, 0.1) is 7.11 Å². The van der Waals surface area contributed by atoms with Crippen molar-refractivity contribution in [1.82, 2.24) is 0 Å². The third-order valence-corrected chi connectivity index (χ3v) is 2.48. The summed E-state index contributed by atoms with van der Waals surface area (Å²) in [5.74, 6) is 0.127. The summed E-state index contributed by atoms with van der Waals surface area (Å²) in [7, 11) is 1.57. The lowest BCUT2D eigenvalue weighted by Crippen LogP contribution is -2.29. The van der Waals surface area contributed by atoms with Crippen LogP contribution in [0.5, 0.6) is 5.75 Å². The minimum atomic E-state index is -0.573. The van der Waals surface area contributed by atoms with Gasteiger partial charge >= 0.3 is 0 Å². The Labute approximate surface area is 104 Å². The molecule has 2 rings (SSSR count). The first-order valence-corrected chi connectivity index (χ1v) is 5.40. The molecule has 18 heavy (non-hydrogen) atoms. The summed E-state index contributed by atoms with van der Waals surface area (Å²) in [5.41, 5.74) is 0.658. The monoisotopic (exact) mass is 245 g/mol. The second kappa shape index (κ2) is 5.31. The minimum absolute atomic E-state index is 0.00619. The number of hydrogen-bond acceptors (Lipinski definition) is 2. The summed E-state index contributed by atoms with van der Waals surface area (Å²) in [4.78, 5) is 0. The second-order valence-electron chi connectivity index (χ2n) is 3.68. The SMILES string of the molecule is COc1ccc(/C=C(\F)c2cccc[n+]2[O-])cc1. The van der Waals surface area contributed by atoms with Crippen molar-refractivity contribution >= 4 is 11.9 Å². The van der Waals surface area contributed by atoms with E-state index in [0.717, 1.165) is 0 Å². The van der Waals surface area contributed by atoms with Gasteiger partial charge in [0.1, 0.15) is 5.75 Å². The standard InChI is InChI=1S/C14H12FNO2/c1-18-12-7-5-11(6-8-12)10-13(15)14-4-2-3-9-16(14)17/h2-10H,1H3/b13-10-. The molecule has 1 aromatic heterocycles. The summed E-state index contributed by atoms with van der Waals surface area (Å²) < 4.78 is 19.4. The molecule has 0 aliphatic carbocycles. The lowest BCUT2D eigenvalue weighted by atomic mass is 10.2. The Morgan fingerprint density at radius 3 is 2.56 bits per heavy atom. The lowest BCUT2D eigenvalue weighted by molar-refractivity contribution is -0.608. The first kappa shape index (κ1) is 12.1. The Morgan fingerprint density at radius 1 is 1.22 bits per heavy atom. The highest BCUT2D eigenvalue weighted by Gasteiger charge is 2.09. The molecule has 0 atom stereocenters. The molecule has 0 fully saturated rings. The molecule has 1 heterocycles. The van der Waals surface area contributed by atoms with Crippen molar-refractivity contribution in [3.8, 4) is 5.75 Å². The molecule has 0 N–H and O–H groups in total. The Bertz CT molecular complexity index is 564. The number of nitrogens with zero attached hydrogens (tertiary/aromatic N) is 1. The van der Waals surface area contributed by atoms with Crippen LogP contribution in [-0.2, 0) is 0 Å². The maximum absolute atomic E-state index is 13.9. The van der Waals surface area contributed by atoms with Crippen molar-refractivity contribution in [2.45, 2.75) is 0 Å². The molecule has 0 aliphatic heterocycles. The van der Waals surface area contributed by atoms with Crippen molar-refractivity contribution in [1.29, 1.82) is 0 Å². The molecular weight excluding hydrogens is 233 g/mol. The Balaban J connectivity index is 2.29. The number of hydrogen-bond donors (Lipinski definition) is 0. The molecule has 0 aliphatic rings. The van der Waals surface area contributed by atoms with Gasteiger partial charge in [-0.3, -0.25) is 0 Å². The number of pyridine rings is 1. The largest absolute Gasteiger partial charge is 0.618 e. The van der Waals surface area contributed by atoms with Gasteiger partial charge in [0.25, 0.3) is 5.69 Å². The van der Waals surface area contributed by atoms with E-state index in [1.807, 2.05) is 0 Å². The van der Waals surface area contributed by atoms with Crippen LogP contribution in [0.2, 0.25) is 0 Å². The van der Waals surface area contributed by atoms with E-state index in [1.165, 1.54) is 18.3 Å². The van der Waals surface area contributed by atoms with E-state index in [1.54, 1.807) is 43.5 Å². The van der Waals surface area contributed by atoms with Gasteiger partial charge in [-0.2, -0.15) is 9.12 Å². The maximum Gasteiger partial charge on any atom is 0.252 e. The Hall–Kier alpha value is -2.36. The molecule has 0 saturated carbocycles. The van der Waals surface area contributed by atoms with E-state index in [0.29, 0.717) is 16.0 Å². The fraction of sp³-hybridized carbons (Fsp3) is 0.0714. The Kier molecular flexibility index (Phi) is 3.57. The zero-order valence-electron chi connectivity index (χ0n) is 9.84. The summed E-state index contributed by atoms with van der Waals surface area (Å²) in [5, 5.41) is 11.4. The van der Waals surface area contributed by atoms with Crippen molar-refractivity contribution < 1.29 is 13.9 Å². The minimum Gasteiger partial charge on any atom is -0.618 e. The molecule has 3 nitrogen and oxygen atoms in total. The lowest BCUT2D eigenvalue weighted by Gasteiger charge is -2.02. The van der Waals surface area contributed by atoms with E-state index >= 15 is 0 Å². The van der Waals surface area contributed by atoms with Crippen molar-refractivity contribution in [2.24, 2.45) is 0 Å². The van der Waals surface area contributed by atoms with Crippen molar-refractivity contribution in [3.63, 3.8) is 0 Å². The van der Waals surface area contributed by atoms with Gasteiger partial charge < -0.3 is 9.94 Å². The van der Waals surface area contributed by atoms with Crippen LogP contribution in [0.3, 0.4) is 0 Å². The highest BCUT2D eigenvalue weighted by atomic mass is 19.1. The number of rotatable bonds is 3. The van der Waals surface area contributed by atoms with Crippen LogP contribution in [0.15, 0.2) is 48.7 Å². The smallest absolute Gasteiger partial charge is 0.252 e. The molecule has 0 amide bonds. The fourth-order valence-electron chi connectivity index (χ4n) is 1.53. The average Bonchev–Trinajstić information content (AvgIpc) is 2.40. The first-order chi connectivity index (χ1) is 8.70. The van der Waals surface area contributed by atoms with Crippen LogP contribution in [0.4, 0.5) is 4.39 Å². The van der Waals surface area contributed by atoms with Crippen LogP contribution in [0, 0.1) is 5.21 Å². The zero-order valence-corrected chi connectivity index (χ0v) is 9.84. The molecule has 0 unspecified atom stereocenters. The van der Waals surface area contributed by atoms with E-state index in [9.17, 15) is 9.60 Å². The van der Waals surface area contributed by atoms with E-state index < -0.39 is 5.83 Å². The molecule has 0 spiro atoms. The van der Waals surface area contributed by atoms with Crippen LogP contribution in [-0.4, -0.2) is 7.11 Å². The number of methoxy groups -OCH3 is 1. The quantitative estimate of drug-likeness (QED) is 0.615. The van der Waals surface area contributed by atoms with Gasteiger partial charge in [-0.25, -0.2) is 0 Å². The van der Waals surface area contributed by atoms with E-state index in [-0.39, 0.29) is 5.69 Å². The van der Waals surface area contributed by atoms with Crippen LogP contribution >= 0.6 is 0 Å². The van der Waals surface area contributed by atoms with Gasteiger partial charge in [0.2, 0.25) is 0 Å². The van der Waals surface area contributed by atoms with E-state index in [2.05, 4.69) is 0 Å². The number of ether oxygens (including phenoxy) is 1. The van der Waals surface area contributed by atoms with Crippen LogP contribution in [0.1, 0.15) is 11.3 Å². The van der Waals surface area contributed by atoms with Gasteiger partial charge in [-0.1, -0.05) is 12.1 Å². The predicted octanol–water partition coefficient (Wildman–Crippen LogP) is 2.80. The van der Waals surface area contributed by atoms with Gasteiger partial charge in [0.15, 0.2) is 12.0 Å². The third kappa shape index (κ3) is 2.66. The van der Waals surface area contributed by atoms with Gasteiger partial charge in [-0.15, -0.1) is 0 Å². The maximum atomic E-state index is 13.9. The molecule has 4 heteroatoms. The summed E-state index contributed by atoms with van der Waals surface area (Å²) in [6, 6.07) is 11.5. The summed E-state index contributed by atoms with van der Waals surface area (Å²) in [6.45, 7) is 0. The fourth-order valence-corrected chi connectivity index (χ4v) is 1.53. The third-order valence-electron chi connectivity index (χ3n) is 2.48. The molecule has 0 bridgehead atoms. The average molecular weight is 245 g/mol. The molecule has 0 radical (unpaired) electrons. The first-order valence-electron chi connectivity index (χ1n) is 5.40. The molecule has 1 aromatic carbocycles. The van der Waals surface area contributed by atoms with Gasteiger partial charge in [-0.05, 0) is 29.8 Å². The van der Waals surface area contributed by atoms with Gasteiger partial charge in [0, 0.05) is 12.1 Å². The summed E-state index contributed by atoms with van der Waals surface area (Å²) in [6.07, 6.45) is 2.57. The van der Waals surface area contributed by atoms with Crippen molar-refractivity contribution in [3.05, 3.63) is 65.1 Å². The number of benzene rings is 1. The zero-order chi connectivity index (χ0) is 13.0. The molecule has 92 valence electrons. The number of aromatic nitrogens is 1. The molecule has 0 saturated heterocycles. The predicted molar refractivity (Wildman–Crippen MR) is 67.4 cm³/mol. The van der Waals surface area contributed by atoms with Crippen molar-refractivity contribution in [2.75, 3.05) is 7.11 Å². The second-order valence-corrected chi connectivity index (χ2v) is 3.68. The normalized spacial score (nSPS) is 11.3. The van der Waals surface area contributed by atoms with E-state index in [4.69, 9.17) is 4.74 Å².